The van der Waals surface area contributed by atoms with E-state index in [-0.39, 0.29) is 11.7 Å². The number of thioether (sulfide) groups is 1. The molecule has 2 amide bonds. The summed E-state index contributed by atoms with van der Waals surface area (Å²) < 4.78 is 2.05. The second-order valence-corrected chi connectivity index (χ2v) is 7.55. The molecule has 0 radical (unpaired) electrons. The van der Waals surface area contributed by atoms with Gasteiger partial charge in [-0.1, -0.05) is 42.4 Å². The van der Waals surface area contributed by atoms with Gasteiger partial charge in [-0.2, -0.15) is 0 Å². The number of carbonyl (C=O) groups excluding carboxylic acids is 2. The Hall–Kier alpha value is -3.13. The third-order valence-electron chi connectivity index (χ3n) is 4.23. The van der Waals surface area contributed by atoms with Crippen LogP contribution in [0.2, 0.25) is 0 Å². The Balaban J connectivity index is 1.68. The minimum Gasteiger partial charge on any atom is -0.366 e. The number of nitrogens with one attached hydrogen (secondary N) is 1. The van der Waals surface area contributed by atoms with Crippen molar-refractivity contribution in [2.45, 2.75) is 32.0 Å². The van der Waals surface area contributed by atoms with Crippen LogP contribution < -0.4 is 11.1 Å². The summed E-state index contributed by atoms with van der Waals surface area (Å²) in [4.78, 5) is 23.4. The molecule has 1 heterocycles. The van der Waals surface area contributed by atoms with Crippen LogP contribution in [0.15, 0.2) is 53.7 Å². The Labute approximate surface area is 173 Å². The van der Waals surface area contributed by atoms with Crippen molar-refractivity contribution < 1.29 is 9.59 Å². The van der Waals surface area contributed by atoms with E-state index >= 15 is 0 Å². The van der Waals surface area contributed by atoms with Gasteiger partial charge in [-0.05, 0) is 43.7 Å². The van der Waals surface area contributed by atoms with Gasteiger partial charge in [0.1, 0.15) is 0 Å². The molecule has 1 aromatic heterocycles. The molecule has 0 atom stereocenters. The van der Waals surface area contributed by atoms with Gasteiger partial charge in [0.05, 0.1) is 5.75 Å². The summed E-state index contributed by atoms with van der Waals surface area (Å²) >= 11 is 1.35. The SMILES string of the molecule is CCCn1c(SCC(=O)Nc2ccc(C(N)=O)cc2)nnc1-c1cccc(C)c1. The number of aryl methyl sites for hydroxylation is 1. The average Bonchev–Trinajstić information content (AvgIpc) is 3.10. The van der Waals surface area contributed by atoms with Crippen LogP contribution in [0.25, 0.3) is 11.4 Å². The molecule has 8 heteroatoms. The highest BCUT2D eigenvalue weighted by atomic mass is 32.2. The molecule has 0 saturated carbocycles. The first-order valence-electron chi connectivity index (χ1n) is 9.30. The van der Waals surface area contributed by atoms with Gasteiger partial charge in [-0.3, -0.25) is 9.59 Å². The van der Waals surface area contributed by atoms with Crippen molar-refractivity contribution in [1.82, 2.24) is 14.8 Å². The molecule has 0 unspecified atom stereocenters. The highest BCUT2D eigenvalue weighted by Gasteiger charge is 2.15. The monoisotopic (exact) mass is 409 g/mol. The van der Waals surface area contributed by atoms with Crippen molar-refractivity contribution in [2.24, 2.45) is 5.73 Å². The third kappa shape index (κ3) is 5.23. The van der Waals surface area contributed by atoms with Crippen molar-refractivity contribution in [3.8, 4) is 11.4 Å². The number of anilines is 1. The third-order valence-corrected chi connectivity index (χ3v) is 5.19. The lowest BCUT2D eigenvalue weighted by atomic mass is 10.1. The molecule has 3 aromatic rings. The molecular formula is C21H23N5O2S. The van der Waals surface area contributed by atoms with Crippen LogP contribution in [0.4, 0.5) is 5.69 Å². The number of nitrogens with two attached hydrogens (primary N) is 1. The molecule has 0 saturated heterocycles. The lowest BCUT2D eigenvalue weighted by Crippen LogP contribution is -2.15. The lowest BCUT2D eigenvalue weighted by Gasteiger charge is -2.09. The first kappa shape index (κ1) is 20.6. The second-order valence-electron chi connectivity index (χ2n) is 6.61. The molecule has 3 N–H and O–H groups in total. The van der Waals surface area contributed by atoms with E-state index in [0.29, 0.717) is 16.4 Å². The van der Waals surface area contributed by atoms with Crippen molar-refractivity contribution in [1.29, 1.82) is 0 Å². The van der Waals surface area contributed by atoms with Crippen LogP contribution >= 0.6 is 11.8 Å². The summed E-state index contributed by atoms with van der Waals surface area (Å²) in [5.41, 5.74) is 8.40. The minimum absolute atomic E-state index is 0.162. The van der Waals surface area contributed by atoms with E-state index < -0.39 is 5.91 Å². The Morgan fingerprint density at radius 3 is 2.55 bits per heavy atom. The molecule has 7 nitrogen and oxygen atoms in total. The molecule has 0 aliphatic rings. The van der Waals surface area contributed by atoms with Crippen molar-refractivity contribution in [3.63, 3.8) is 0 Å². The van der Waals surface area contributed by atoms with Crippen LogP contribution in [-0.4, -0.2) is 32.3 Å². The summed E-state index contributed by atoms with van der Waals surface area (Å²) in [7, 11) is 0. The maximum Gasteiger partial charge on any atom is 0.248 e. The molecule has 0 spiro atoms. The number of hydrogen-bond donors (Lipinski definition) is 2. The summed E-state index contributed by atoms with van der Waals surface area (Å²) in [5.74, 6) is 0.344. The zero-order valence-electron chi connectivity index (χ0n) is 16.4. The molecule has 0 aliphatic carbocycles. The average molecular weight is 410 g/mol. The molecule has 0 bridgehead atoms. The molecule has 3 rings (SSSR count). The van der Waals surface area contributed by atoms with Crippen LogP contribution in [-0.2, 0) is 11.3 Å². The zero-order valence-corrected chi connectivity index (χ0v) is 17.2. The van der Waals surface area contributed by atoms with Crippen LogP contribution in [0.3, 0.4) is 0 Å². The minimum atomic E-state index is -0.502. The Bertz CT molecular complexity index is 1010. The van der Waals surface area contributed by atoms with E-state index in [1.165, 1.54) is 11.8 Å². The van der Waals surface area contributed by atoms with Crippen LogP contribution in [0, 0.1) is 6.92 Å². The van der Waals surface area contributed by atoms with Crippen LogP contribution in [0.5, 0.6) is 0 Å². The topological polar surface area (TPSA) is 103 Å². The number of nitrogens with zero attached hydrogens (tertiary/aromatic N) is 3. The standard InChI is InChI=1S/C21H23N5O2S/c1-3-11-26-20(16-6-4-5-14(2)12-16)24-25-21(26)29-13-18(27)23-17-9-7-15(8-10-17)19(22)28/h4-10,12H,3,11,13H2,1-2H3,(H2,22,28)(H,23,27). The summed E-state index contributed by atoms with van der Waals surface area (Å²) in [5, 5.41) is 12.2. The maximum atomic E-state index is 12.3. The van der Waals surface area contributed by atoms with Gasteiger partial charge < -0.3 is 15.6 Å². The quantitative estimate of drug-likeness (QED) is 0.554. The predicted octanol–water partition coefficient (Wildman–Crippen LogP) is 3.49. The normalized spacial score (nSPS) is 10.7. The van der Waals surface area contributed by atoms with E-state index in [2.05, 4.69) is 28.5 Å². The Kier molecular flexibility index (Phi) is 6.66. The maximum absolute atomic E-state index is 12.3. The lowest BCUT2D eigenvalue weighted by molar-refractivity contribution is -0.113. The molecular weight excluding hydrogens is 386 g/mol. The van der Waals surface area contributed by atoms with Crippen LogP contribution in [0.1, 0.15) is 29.3 Å². The number of primary amides is 1. The van der Waals surface area contributed by atoms with E-state index in [4.69, 9.17) is 5.73 Å². The van der Waals surface area contributed by atoms with Gasteiger partial charge in [0.15, 0.2) is 11.0 Å². The highest BCUT2D eigenvalue weighted by Crippen LogP contribution is 2.25. The zero-order chi connectivity index (χ0) is 20.8. The van der Waals surface area contributed by atoms with Gasteiger partial charge in [0.2, 0.25) is 11.8 Å². The van der Waals surface area contributed by atoms with Gasteiger partial charge >= 0.3 is 0 Å². The summed E-state index contributed by atoms with van der Waals surface area (Å²) in [6, 6.07) is 14.6. The van der Waals surface area contributed by atoms with E-state index in [1.54, 1.807) is 24.3 Å². The number of carbonyl (C=O) groups is 2. The van der Waals surface area contributed by atoms with Gasteiger partial charge in [0.25, 0.3) is 0 Å². The molecule has 29 heavy (non-hydrogen) atoms. The van der Waals surface area contributed by atoms with E-state index in [1.807, 2.05) is 29.7 Å². The largest absolute Gasteiger partial charge is 0.366 e. The number of amides is 2. The van der Waals surface area contributed by atoms with Crippen molar-refractivity contribution >= 4 is 29.3 Å². The van der Waals surface area contributed by atoms with Crippen molar-refractivity contribution in [3.05, 3.63) is 59.7 Å². The Morgan fingerprint density at radius 2 is 1.90 bits per heavy atom. The van der Waals surface area contributed by atoms with Gasteiger partial charge in [-0.25, -0.2) is 0 Å². The van der Waals surface area contributed by atoms with Gasteiger partial charge in [0, 0.05) is 23.4 Å². The number of hydrogen-bond acceptors (Lipinski definition) is 5. The van der Waals surface area contributed by atoms with E-state index in [9.17, 15) is 9.59 Å². The number of aromatic nitrogens is 3. The molecule has 150 valence electrons. The summed E-state index contributed by atoms with van der Waals surface area (Å²) in [6.07, 6.45) is 0.933. The fraction of sp³-hybridized carbons (Fsp3) is 0.238. The molecule has 2 aromatic carbocycles. The highest BCUT2D eigenvalue weighted by molar-refractivity contribution is 7.99. The Morgan fingerprint density at radius 1 is 1.14 bits per heavy atom. The molecule has 0 fully saturated rings. The smallest absolute Gasteiger partial charge is 0.248 e. The number of rotatable bonds is 8. The fourth-order valence-corrected chi connectivity index (χ4v) is 3.63. The van der Waals surface area contributed by atoms with Crippen molar-refractivity contribution in [2.75, 3.05) is 11.1 Å². The first-order chi connectivity index (χ1) is 14.0. The molecule has 0 aliphatic heterocycles. The first-order valence-corrected chi connectivity index (χ1v) is 10.3. The second kappa shape index (κ2) is 9.38. The predicted molar refractivity (Wildman–Crippen MR) is 115 cm³/mol. The van der Waals surface area contributed by atoms with E-state index in [0.717, 1.165) is 29.9 Å². The summed E-state index contributed by atoms with van der Waals surface area (Å²) in [6.45, 7) is 4.91. The fourth-order valence-electron chi connectivity index (χ4n) is 2.86. The van der Waals surface area contributed by atoms with Gasteiger partial charge in [-0.15, -0.1) is 10.2 Å². The number of benzene rings is 2.